The van der Waals surface area contributed by atoms with Crippen LogP contribution in [0.5, 0.6) is 0 Å². The summed E-state index contributed by atoms with van der Waals surface area (Å²) in [6, 6.07) is 23.4. The molecule has 5 aromatic rings. The van der Waals surface area contributed by atoms with Crippen molar-refractivity contribution in [2.24, 2.45) is 0 Å². The molecule has 0 saturated heterocycles. The second kappa shape index (κ2) is 9.24. The monoisotopic (exact) mass is 499 g/mol. The normalized spacial score (nSPS) is 11.3. The van der Waals surface area contributed by atoms with Gasteiger partial charge in [-0.05, 0) is 68.4 Å². The predicted octanol–water partition coefficient (Wildman–Crippen LogP) is 6.38. The molecular formula is C28H25N3O2S2. The number of benzene rings is 3. The van der Waals surface area contributed by atoms with Crippen molar-refractivity contribution in [2.75, 3.05) is 11.4 Å². The molecule has 0 bridgehead atoms. The number of carbonyl (C=O) groups excluding carboxylic acids is 1. The average molecular weight is 500 g/mol. The van der Waals surface area contributed by atoms with Gasteiger partial charge in [0.1, 0.15) is 12.2 Å². The van der Waals surface area contributed by atoms with Gasteiger partial charge in [-0.3, -0.25) is 18.6 Å². The maximum Gasteiger partial charge on any atom is 0.262 e. The van der Waals surface area contributed by atoms with Gasteiger partial charge in [0, 0.05) is 12.2 Å². The first-order chi connectivity index (χ1) is 16.9. The van der Waals surface area contributed by atoms with Gasteiger partial charge in [-0.2, -0.15) is 0 Å². The molecule has 5 nitrogen and oxygen atoms in total. The second-order valence-electron chi connectivity index (χ2n) is 8.61. The highest BCUT2D eigenvalue weighted by atomic mass is 32.1. The van der Waals surface area contributed by atoms with E-state index in [0.717, 1.165) is 32.8 Å². The topological polar surface area (TPSA) is 46.7 Å². The lowest BCUT2D eigenvalue weighted by molar-refractivity contribution is -0.119. The van der Waals surface area contributed by atoms with Crippen LogP contribution in [-0.4, -0.2) is 21.4 Å². The first-order valence-corrected chi connectivity index (χ1v) is 12.7. The highest BCUT2D eigenvalue weighted by Gasteiger charge is 2.22. The van der Waals surface area contributed by atoms with Gasteiger partial charge < -0.3 is 4.90 Å². The van der Waals surface area contributed by atoms with E-state index in [0.29, 0.717) is 21.5 Å². The quantitative estimate of drug-likeness (QED) is 0.264. The van der Waals surface area contributed by atoms with Crippen LogP contribution in [0.1, 0.15) is 18.1 Å². The number of nitrogens with zero attached hydrogens (tertiary/aromatic N) is 3. The van der Waals surface area contributed by atoms with Crippen molar-refractivity contribution in [3.05, 3.63) is 98.2 Å². The number of para-hydroxylation sites is 1. The highest BCUT2D eigenvalue weighted by molar-refractivity contribution is 7.73. The number of likely N-dealkylation sites (N-methyl/N-ethyl adjacent to an activating group) is 1. The minimum atomic E-state index is -0.199. The number of fused-ring (bicyclic) bond motifs is 3. The summed E-state index contributed by atoms with van der Waals surface area (Å²) in [4.78, 5) is 30.0. The van der Waals surface area contributed by atoms with Crippen LogP contribution in [0, 0.1) is 17.8 Å². The van der Waals surface area contributed by atoms with E-state index in [1.54, 1.807) is 15.5 Å². The Hall–Kier alpha value is -3.55. The van der Waals surface area contributed by atoms with Crippen LogP contribution in [0.2, 0.25) is 0 Å². The number of aryl methyl sites for hydroxylation is 2. The molecule has 176 valence electrons. The fourth-order valence-corrected chi connectivity index (χ4v) is 5.90. The molecule has 3 aromatic carbocycles. The van der Waals surface area contributed by atoms with Crippen LogP contribution in [0.4, 0.5) is 5.69 Å². The number of anilines is 1. The molecule has 35 heavy (non-hydrogen) atoms. The van der Waals surface area contributed by atoms with Crippen LogP contribution in [0.3, 0.4) is 0 Å². The lowest BCUT2D eigenvalue weighted by Crippen LogP contribution is -2.37. The zero-order valence-corrected chi connectivity index (χ0v) is 21.5. The molecule has 0 spiro atoms. The van der Waals surface area contributed by atoms with Gasteiger partial charge in [0.25, 0.3) is 5.56 Å². The molecule has 0 N–H and O–H groups in total. The Morgan fingerprint density at radius 3 is 2.43 bits per heavy atom. The van der Waals surface area contributed by atoms with E-state index in [1.165, 1.54) is 11.3 Å². The van der Waals surface area contributed by atoms with Crippen molar-refractivity contribution < 1.29 is 4.79 Å². The molecule has 7 heteroatoms. The third-order valence-corrected chi connectivity index (χ3v) is 7.61. The number of hydrogen-bond donors (Lipinski definition) is 0. The number of amides is 1. The molecule has 0 unspecified atom stereocenters. The first-order valence-electron chi connectivity index (χ1n) is 11.5. The van der Waals surface area contributed by atoms with Crippen LogP contribution < -0.4 is 10.5 Å². The molecule has 0 radical (unpaired) electrons. The predicted molar refractivity (Wildman–Crippen MR) is 147 cm³/mol. The zero-order valence-electron chi connectivity index (χ0n) is 19.8. The summed E-state index contributed by atoms with van der Waals surface area (Å²) in [5, 5.41) is 0.538. The average Bonchev–Trinajstić information content (AvgIpc) is 3.20. The van der Waals surface area contributed by atoms with Crippen LogP contribution >= 0.6 is 23.6 Å². The second-order valence-corrected chi connectivity index (χ2v) is 10.3. The third-order valence-electron chi connectivity index (χ3n) is 6.20. The lowest BCUT2D eigenvalue weighted by atomic mass is 10.1. The molecule has 0 aliphatic rings. The van der Waals surface area contributed by atoms with Crippen molar-refractivity contribution in [3.8, 4) is 10.4 Å². The Morgan fingerprint density at radius 2 is 1.71 bits per heavy atom. The molecule has 0 fully saturated rings. The van der Waals surface area contributed by atoms with E-state index >= 15 is 0 Å². The van der Waals surface area contributed by atoms with Gasteiger partial charge in [0.2, 0.25) is 5.91 Å². The molecule has 5 rings (SSSR count). The molecule has 0 saturated carbocycles. The van der Waals surface area contributed by atoms with Crippen LogP contribution in [-0.2, 0) is 11.3 Å². The van der Waals surface area contributed by atoms with E-state index in [4.69, 9.17) is 12.2 Å². The molecule has 2 aromatic heterocycles. The standard InChI is InChI=1S/C28H25N3O2S2/c1-4-29(21-9-7-8-19(3)16-21)24(32)17-30-26-25(20-14-12-18(2)13-15-20)35-28(34)31(26)23-11-6-5-10-22(23)27(30)33/h5-16H,4,17H2,1-3H3. The summed E-state index contributed by atoms with van der Waals surface area (Å²) in [5.74, 6) is -0.149. The summed E-state index contributed by atoms with van der Waals surface area (Å²) >= 11 is 7.24. The molecule has 0 aliphatic heterocycles. The van der Waals surface area contributed by atoms with E-state index in [9.17, 15) is 9.59 Å². The van der Waals surface area contributed by atoms with Crippen molar-refractivity contribution in [1.29, 1.82) is 0 Å². The summed E-state index contributed by atoms with van der Waals surface area (Å²) < 4.78 is 4.16. The van der Waals surface area contributed by atoms with E-state index in [1.807, 2.05) is 91.9 Å². The fourth-order valence-electron chi connectivity index (χ4n) is 4.47. The summed E-state index contributed by atoms with van der Waals surface area (Å²) in [6.45, 7) is 6.40. The lowest BCUT2D eigenvalue weighted by Gasteiger charge is -2.23. The molecule has 1 amide bonds. The highest BCUT2D eigenvalue weighted by Crippen LogP contribution is 2.33. The van der Waals surface area contributed by atoms with Crippen LogP contribution in [0.25, 0.3) is 27.0 Å². The number of carbonyl (C=O) groups is 1. The Labute approximate surface area is 212 Å². The van der Waals surface area contributed by atoms with Gasteiger partial charge in [0.15, 0.2) is 3.95 Å². The van der Waals surface area contributed by atoms with E-state index in [2.05, 4.69) is 0 Å². The number of hydrogen-bond acceptors (Lipinski definition) is 4. The molecule has 0 aliphatic carbocycles. The maximum atomic E-state index is 13.8. The minimum Gasteiger partial charge on any atom is -0.311 e. The van der Waals surface area contributed by atoms with Crippen LogP contribution in [0.15, 0.2) is 77.6 Å². The van der Waals surface area contributed by atoms with Gasteiger partial charge in [-0.1, -0.05) is 54.1 Å². The van der Waals surface area contributed by atoms with Crippen molar-refractivity contribution in [3.63, 3.8) is 0 Å². The SMILES string of the molecule is CCN(C(=O)Cn1c(=O)c2ccccc2n2c(=S)sc(-c3ccc(C)cc3)c12)c1cccc(C)c1. The van der Waals surface area contributed by atoms with Gasteiger partial charge in [0.05, 0.1) is 15.8 Å². The Balaban J connectivity index is 1.75. The summed E-state index contributed by atoms with van der Waals surface area (Å²) in [5.41, 5.74) is 5.22. The van der Waals surface area contributed by atoms with Gasteiger partial charge in [-0.25, -0.2) is 0 Å². The minimum absolute atomic E-state index is 0.0840. The van der Waals surface area contributed by atoms with Crippen molar-refractivity contribution in [1.82, 2.24) is 8.97 Å². The largest absolute Gasteiger partial charge is 0.311 e. The number of rotatable bonds is 5. The number of aromatic nitrogens is 2. The van der Waals surface area contributed by atoms with E-state index in [-0.39, 0.29) is 18.0 Å². The molecular weight excluding hydrogens is 474 g/mol. The van der Waals surface area contributed by atoms with Crippen molar-refractivity contribution >= 4 is 51.7 Å². The van der Waals surface area contributed by atoms with Crippen molar-refractivity contribution in [2.45, 2.75) is 27.3 Å². The fraction of sp³-hybridized carbons (Fsp3) is 0.179. The summed E-state index contributed by atoms with van der Waals surface area (Å²) in [6.07, 6.45) is 0. The smallest absolute Gasteiger partial charge is 0.262 e. The van der Waals surface area contributed by atoms with E-state index < -0.39 is 0 Å². The Morgan fingerprint density at radius 1 is 0.971 bits per heavy atom. The van der Waals surface area contributed by atoms with Gasteiger partial charge in [-0.15, -0.1) is 11.3 Å². The van der Waals surface area contributed by atoms with Gasteiger partial charge >= 0.3 is 0 Å². The maximum absolute atomic E-state index is 13.8. The Bertz CT molecular complexity index is 1690. The third kappa shape index (κ3) is 4.11. The zero-order chi connectivity index (χ0) is 24.7. The number of thiazole rings is 1. The summed E-state index contributed by atoms with van der Waals surface area (Å²) in [7, 11) is 0. The first kappa shape index (κ1) is 23.2. The molecule has 0 atom stereocenters. The Kier molecular flexibility index (Phi) is 6.13. The molecule has 2 heterocycles.